The van der Waals surface area contributed by atoms with E-state index in [0.29, 0.717) is 17.3 Å². The number of halogens is 1. The first kappa shape index (κ1) is 20.0. The van der Waals surface area contributed by atoms with Crippen LogP contribution in [0.25, 0.3) is 0 Å². The molecule has 1 aliphatic rings. The average Bonchev–Trinajstić information content (AvgIpc) is 3.06. The van der Waals surface area contributed by atoms with E-state index in [-0.39, 0.29) is 25.4 Å². The second-order valence-corrected chi connectivity index (χ2v) is 7.02. The van der Waals surface area contributed by atoms with Crippen molar-refractivity contribution in [3.63, 3.8) is 0 Å². The van der Waals surface area contributed by atoms with E-state index in [0.717, 1.165) is 22.3 Å². The Hall–Kier alpha value is -2.71. The number of carboxylic acid groups (broad SMARTS) is 1. The third-order valence-electron chi connectivity index (χ3n) is 4.74. The van der Waals surface area contributed by atoms with E-state index >= 15 is 0 Å². The lowest BCUT2D eigenvalue weighted by Crippen LogP contribution is -2.22. The fourth-order valence-electron chi connectivity index (χ4n) is 3.38. The van der Waals surface area contributed by atoms with Crippen LogP contribution >= 0.6 is 11.6 Å². The van der Waals surface area contributed by atoms with Gasteiger partial charge in [-0.25, -0.2) is 0 Å². The van der Waals surface area contributed by atoms with Crippen LogP contribution in [0.15, 0.2) is 30.5 Å². The monoisotopic (exact) mass is 406 g/mol. The highest BCUT2D eigenvalue weighted by Crippen LogP contribution is 2.38. The number of aliphatic carboxylic acids is 1. The summed E-state index contributed by atoms with van der Waals surface area (Å²) in [6, 6.07) is 7.33. The number of nitrogens with zero attached hydrogens (tertiary/aromatic N) is 2. The minimum absolute atomic E-state index is 0.0287. The first-order chi connectivity index (χ1) is 13.3. The highest BCUT2D eigenvalue weighted by molar-refractivity contribution is 6.30. The van der Waals surface area contributed by atoms with Crippen LogP contribution in [0.3, 0.4) is 0 Å². The molecule has 1 N–H and O–H groups in total. The first-order valence-corrected chi connectivity index (χ1v) is 9.10. The maximum absolute atomic E-state index is 10.9. The van der Waals surface area contributed by atoms with Gasteiger partial charge in [-0.2, -0.15) is 0 Å². The minimum Gasteiger partial charge on any atom is -0.481 e. The van der Waals surface area contributed by atoms with Gasteiger partial charge in [-0.05, 0) is 42.2 Å². The number of benzene rings is 1. The molecule has 2 aromatic rings. The number of aryl methyl sites for hydroxylation is 1. The van der Waals surface area contributed by atoms with E-state index in [1.165, 1.54) is 0 Å². The van der Waals surface area contributed by atoms with Crippen molar-refractivity contribution in [3.8, 4) is 0 Å². The summed E-state index contributed by atoms with van der Waals surface area (Å²) >= 11 is 5.95. The molecule has 0 saturated heterocycles. The minimum atomic E-state index is -1.03. The van der Waals surface area contributed by atoms with Crippen LogP contribution in [0.2, 0.25) is 5.02 Å². The van der Waals surface area contributed by atoms with Gasteiger partial charge < -0.3 is 14.7 Å². The second kappa shape index (κ2) is 8.53. The number of hydrogen-bond acceptors (Lipinski definition) is 6. The number of pyridine rings is 1. The molecular formula is C19H19ClN2O6. The SMILES string of the molecule is Cc1ncc2c(c1CC(CCC(=O)O)O[N+](=O)[O-])COC2c1ccc(Cl)cc1. The van der Waals surface area contributed by atoms with Crippen LogP contribution in [0.4, 0.5) is 0 Å². The van der Waals surface area contributed by atoms with Crippen molar-refractivity contribution in [2.45, 2.75) is 45.0 Å². The van der Waals surface area contributed by atoms with Gasteiger partial charge in [0.25, 0.3) is 5.09 Å². The molecule has 148 valence electrons. The molecule has 9 heteroatoms. The zero-order valence-corrected chi connectivity index (χ0v) is 15.9. The maximum Gasteiger partial charge on any atom is 0.303 e. The lowest BCUT2D eigenvalue weighted by molar-refractivity contribution is -0.768. The zero-order valence-electron chi connectivity index (χ0n) is 15.1. The maximum atomic E-state index is 10.9. The highest BCUT2D eigenvalue weighted by atomic mass is 35.5. The zero-order chi connectivity index (χ0) is 20.3. The molecule has 1 aromatic heterocycles. The molecule has 1 aliphatic heterocycles. The predicted molar refractivity (Wildman–Crippen MR) is 99.5 cm³/mol. The summed E-state index contributed by atoms with van der Waals surface area (Å²) in [4.78, 5) is 30.8. The number of aromatic nitrogens is 1. The van der Waals surface area contributed by atoms with Crippen molar-refractivity contribution in [3.05, 3.63) is 73.5 Å². The summed E-state index contributed by atoms with van der Waals surface area (Å²) in [6.45, 7) is 2.15. The number of rotatable bonds is 8. The molecule has 0 bridgehead atoms. The molecule has 0 aliphatic carbocycles. The van der Waals surface area contributed by atoms with Crippen molar-refractivity contribution >= 4 is 17.6 Å². The van der Waals surface area contributed by atoms with Crippen molar-refractivity contribution in [1.29, 1.82) is 0 Å². The lowest BCUT2D eigenvalue weighted by atomic mass is 9.93. The molecule has 1 aromatic carbocycles. The van der Waals surface area contributed by atoms with Gasteiger partial charge in [0.05, 0.1) is 6.61 Å². The van der Waals surface area contributed by atoms with Crippen molar-refractivity contribution in [2.24, 2.45) is 0 Å². The van der Waals surface area contributed by atoms with Crippen molar-refractivity contribution in [2.75, 3.05) is 0 Å². The van der Waals surface area contributed by atoms with Crippen LogP contribution in [-0.2, 0) is 27.4 Å². The molecule has 3 rings (SSSR count). The van der Waals surface area contributed by atoms with Gasteiger partial charge in [-0.15, -0.1) is 10.1 Å². The lowest BCUT2D eigenvalue weighted by Gasteiger charge is -2.18. The molecule has 8 nitrogen and oxygen atoms in total. The van der Waals surface area contributed by atoms with E-state index in [1.54, 1.807) is 18.3 Å². The molecule has 0 amide bonds. The fourth-order valence-corrected chi connectivity index (χ4v) is 3.50. The van der Waals surface area contributed by atoms with Crippen LogP contribution in [0, 0.1) is 17.0 Å². The van der Waals surface area contributed by atoms with Crippen molar-refractivity contribution < 1.29 is 24.6 Å². The second-order valence-electron chi connectivity index (χ2n) is 6.59. The highest BCUT2D eigenvalue weighted by Gasteiger charge is 2.30. The van der Waals surface area contributed by atoms with E-state index < -0.39 is 17.2 Å². The van der Waals surface area contributed by atoms with Gasteiger partial charge in [0.1, 0.15) is 12.2 Å². The van der Waals surface area contributed by atoms with Gasteiger partial charge >= 0.3 is 5.97 Å². The summed E-state index contributed by atoms with van der Waals surface area (Å²) in [5.74, 6) is -1.03. The van der Waals surface area contributed by atoms with Crippen LogP contribution in [-0.4, -0.2) is 27.3 Å². The summed E-state index contributed by atoms with van der Waals surface area (Å²) < 4.78 is 5.95. The quantitative estimate of drug-likeness (QED) is 0.526. The fraction of sp³-hybridized carbons (Fsp3) is 0.368. The average molecular weight is 407 g/mol. The Morgan fingerprint density at radius 3 is 2.82 bits per heavy atom. The molecule has 0 fully saturated rings. The molecule has 2 atom stereocenters. The van der Waals surface area contributed by atoms with Gasteiger partial charge in [0, 0.05) is 35.3 Å². The Bertz CT molecular complexity index is 887. The Morgan fingerprint density at radius 2 is 2.18 bits per heavy atom. The molecule has 2 unspecified atom stereocenters. The van der Waals surface area contributed by atoms with E-state index in [1.807, 2.05) is 19.1 Å². The van der Waals surface area contributed by atoms with Crippen LogP contribution < -0.4 is 0 Å². The van der Waals surface area contributed by atoms with Crippen LogP contribution in [0.1, 0.15) is 46.9 Å². The predicted octanol–water partition coefficient (Wildman–Crippen LogP) is 3.65. The molecule has 28 heavy (non-hydrogen) atoms. The van der Waals surface area contributed by atoms with Crippen LogP contribution in [0.5, 0.6) is 0 Å². The van der Waals surface area contributed by atoms with Gasteiger partial charge in [0.2, 0.25) is 0 Å². The third kappa shape index (κ3) is 4.58. The third-order valence-corrected chi connectivity index (χ3v) is 5.00. The van der Waals surface area contributed by atoms with E-state index in [4.69, 9.17) is 26.3 Å². The number of fused-ring (bicyclic) bond motifs is 1. The topological polar surface area (TPSA) is 112 Å². The summed E-state index contributed by atoms with van der Waals surface area (Å²) in [5.41, 5.74) is 4.25. The largest absolute Gasteiger partial charge is 0.481 e. The smallest absolute Gasteiger partial charge is 0.303 e. The summed E-state index contributed by atoms with van der Waals surface area (Å²) in [5, 5.41) is 19.4. The Morgan fingerprint density at radius 1 is 1.46 bits per heavy atom. The van der Waals surface area contributed by atoms with Crippen molar-refractivity contribution in [1.82, 2.24) is 4.98 Å². The van der Waals surface area contributed by atoms with E-state index in [2.05, 4.69) is 4.98 Å². The van der Waals surface area contributed by atoms with E-state index in [9.17, 15) is 14.9 Å². The molecule has 0 saturated carbocycles. The van der Waals surface area contributed by atoms with Gasteiger partial charge in [-0.3, -0.25) is 9.78 Å². The first-order valence-electron chi connectivity index (χ1n) is 8.72. The summed E-state index contributed by atoms with van der Waals surface area (Å²) in [7, 11) is 0. The summed E-state index contributed by atoms with van der Waals surface area (Å²) in [6.07, 6.45) is 0.583. The molecular weight excluding hydrogens is 388 g/mol. The number of hydrogen-bond donors (Lipinski definition) is 1. The Kier molecular flexibility index (Phi) is 6.11. The number of carbonyl (C=O) groups is 1. The normalized spacial score (nSPS) is 16.4. The molecule has 0 spiro atoms. The number of carboxylic acids is 1. The Labute approximate surface area is 166 Å². The molecule has 2 heterocycles. The van der Waals surface area contributed by atoms with Gasteiger partial charge in [0.15, 0.2) is 0 Å². The Balaban J connectivity index is 1.88. The van der Waals surface area contributed by atoms with Gasteiger partial charge in [-0.1, -0.05) is 23.7 Å². The standard InChI is InChI=1S/C19H19ClN2O6/c1-11-15(8-14(28-22(25)26)6-7-18(23)24)17-10-27-19(16(17)9-21-11)12-2-4-13(20)5-3-12/h2-5,9,14,19H,6-8,10H2,1H3,(H,23,24). The number of ether oxygens (including phenoxy) is 1. The molecule has 0 radical (unpaired) electrons.